The first-order valence-corrected chi connectivity index (χ1v) is 6.88. The molecule has 0 aliphatic heterocycles. The number of amides is 1. The van der Waals surface area contributed by atoms with Crippen LogP contribution in [0, 0.1) is 5.41 Å². The lowest BCUT2D eigenvalue weighted by Crippen LogP contribution is -2.42. The van der Waals surface area contributed by atoms with E-state index in [2.05, 4.69) is 35.1 Å². The number of hydrogen-bond acceptors (Lipinski definition) is 3. The lowest BCUT2D eigenvalue weighted by atomic mass is 9.92. The first kappa shape index (κ1) is 14.2. The van der Waals surface area contributed by atoms with E-state index in [1.807, 2.05) is 13.8 Å². The number of carbonyl (C=O) groups excluding carboxylic acids is 1. The van der Waals surface area contributed by atoms with E-state index < -0.39 is 0 Å². The lowest BCUT2D eigenvalue weighted by Gasteiger charge is -2.26. The molecule has 0 spiro atoms. The van der Waals surface area contributed by atoms with Gasteiger partial charge in [0, 0.05) is 24.5 Å². The van der Waals surface area contributed by atoms with Crippen LogP contribution in [0.15, 0.2) is 17.5 Å². The average molecular weight is 254 g/mol. The fourth-order valence-electron chi connectivity index (χ4n) is 1.73. The van der Waals surface area contributed by atoms with Gasteiger partial charge in [0.1, 0.15) is 0 Å². The molecule has 0 bridgehead atoms. The first-order valence-electron chi connectivity index (χ1n) is 6.00. The molecule has 0 aliphatic rings. The van der Waals surface area contributed by atoms with Crippen LogP contribution in [-0.2, 0) is 4.79 Å². The SMILES string of the molecule is CCC(NCC(C)(C)C(=O)NC)c1cccs1. The maximum atomic E-state index is 11.7. The summed E-state index contributed by atoms with van der Waals surface area (Å²) >= 11 is 1.76. The molecule has 96 valence electrons. The summed E-state index contributed by atoms with van der Waals surface area (Å²) in [5.74, 6) is 0.0750. The molecule has 3 nitrogen and oxygen atoms in total. The molecular weight excluding hydrogens is 232 g/mol. The van der Waals surface area contributed by atoms with Gasteiger partial charge >= 0.3 is 0 Å². The van der Waals surface area contributed by atoms with Crippen molar-refractivity contribution in [3.05, 3.63) is 22.4 Å². The Bertz CT molecular complexity index is 346. The fraction of sp³-hybridized carbons (Fsp3) is 0.615. The molecule has 0 fully saturated rings. The smallest absolute Gasteiger partial charge is 0.226 e. The van der Waals surface area contributed by atoms with E-state index >= 15 is 0 Å². The summed E-state index contributed by atoms with van der Waals surface area (Å²) in [7, 11) is 1.68. The molecule has 0 saturated carbocycles. The third-order valence-electron chi connectivity index (χ3n) is 2.93. The van der Waals surface area contributed by atoms with Crippen LogP contribution in [0.5, 0.6) is 0 Å². The van der Waals surface area contributed by atoms with Gasteiger partial charge in [-0.05, 0) is 31.7 Å². The lowest BCUT2D eigenvalue weighted by molar-refractivity contribution is -0.128. The van der Waals surface area contributed by atoms with Crippen molar-refractivity contribution in [1.82, 2.24) is 10.6 Å². The highest BCUT2D eigenvalue weighted by Crippen LogP contribution is 2.23. The molecule has 1 atom stereocenters. The number of carbonyl (C=O) groups is 1. The van der Waals surface area contributed by atoms with Gasteiger partial charge in [0.2, 0.25) is 5.91 Å². The van der Waals surface area contributed by atoms with Crippen LogP contribution in [0.4, 0.5) is 0 Å². The molecule has 0 aliphatic carbocycles. The molecule has 1 unspecified atom stereocenters. The highest BCUT2D eigenvalue weighted by Gasteiger charge is 2.27. The molecule has 17 heavy (non-hydrogen) atoms. The fourth-order valence-corrected chi connectivity index (χ4v) is 2.62. The molecule has 1 aromatic rings. The van der Waals surface area contributed by atoms with E-state index in [0.29, 0.717) is 12.6 Å². The third kappa shape index (κ3) is 3.82. The Morgan fingerprint density at radius 2 is 2.24 bits per heavy atom. The summed E-state index contributed by atoms with van der Waals surface area (Å²) in [6, 6.07) is 4.55. The van der Waals surface area contributed by atoms with Crippen molar-refractivity contribution in [2.24, 2.45) is 5.41 Å². The van der Waals surface area contributed by atoms with Crippen molar-refractivity contribution < 1.29 is 4.79 Å². The van der Waals surface area contributed by atoms with Gasteiger partial charge in [0.25, 0.3) is 0 Å². The second-order valence-corrected chi connectivity index (χ2v) is 5.80. The Morgan fingerprint density at radius 3 is 2.71 bits per heavy atom. The van der Waals surface area contributed by atoms with Crippen LogP contribution < -0.4 is 10.6 Å². The molecule has 1 aromatic heterocycles. The monoisotopic (exact) mass is 254 g/mol. The Morgan fingerprint density at radius 1 is 1.53 bits per heavy atom. The van der Waals surface area contributed by atoms with Gasteiger partial charge in [0.15, 0.2) is 0 Å². The Labute approximate surface area is 108 Å². The maximum absolute atomic E-state index is 11.7. The highest BCUT2D eigenvalue weighted by atomic mass is 32.1. The predicted octanol–water partition coefficient (Wildman–Crippen LogP) is 2.56. The molecule has 1 heterocycles. The molecule has 0 radical (unpaired) electrons. The second-order valence-electron chi connectivity index (χ2n) is 4.82. The molecule has 0 saturated heterocycles. The molecule has 1 rings (SSSR count). The minimum Gasteiger partial charge on any atom is -0.359 e. The van der Waals surface area contributed by atoms with E-state index in [4.69, 9.17) is 0 Å². The van der Waals surface area contributed by atoms with Crippen molar-refractivity contribution in [2.75, 3.05) is 13.6 Å². The predicted molar refractivity (Wildman–Crippen MR) is 73.2 cm³/mol. The summed E-state index contributed by atoms with van der Waals surface area (Å²) in [6.07, 6.45) is 1.03. The van der Waals surface area contributed by atoms with Crippen LogP contribution >= 0.6 is 11.3 Å². The van der Waals surface area contributed by atoms with Gasteiger partial charge in [-0.1, -0.05) is 13.0 Å². The van der Waals surface area contributed by atoms with Gasteiger partial charge < -0.3 is 10.6 Å². The van der Waals surface area contributed by atoms with Crippen molar-refractivity contribution in [1.29, 1.82) is 0 Å². The zero-order valence-corrected chi connectivity index (χ0v) is 11.9. The van der Waals surface area contributed by atoms with Crippen LogP contribution in [0.3, 0.4) is 0 Å². The van der Waals surface area contributed by atoms with Gasteiger partial charge in [-0.2, -0.15) is 0 Å². The topological polar surface area (TPSA) is 41.1 Å². The minimum atomic E-state index is -0.376. The van der Waals surface area contributed by atoms with Crippen molar-refractivity contribution in [3.63, 3.8) is 0 Å². The van der Waals surface area contributed by atoms with Crippen molar-refractivity contribution >= 4 is 17.2 Å². The van der Waals surface area contributed by atoms with E-state index in [9.17, 15) is 4.79 Å². The largest absolute Gasteiger partial charge is 0.359 e. The average Bonchev–Trinajstić information content (AvgIpc) is 2.82. The summed E-state index contributed by atoms with van der Waals surface area (Å²) in [6.45, 7) is 6.76. The minimum absolute atomic E-state index is 0.0750. The number of rotatable bonds is 6. The Kier molecular flexibility index (Phi) is 5.15. The van der Waals surface area contributed by atoms with Gasteiger partial charge in [0.05, 0.1) is 5.41 Å². The van der Waals surface area contributed by atoms with Crippen LogP contribution in [0.2, 0.25) is 0 Å². The Balaban J connectivity index is 2.57. The van der Waals surface area contributed by atoms with Gasteiger partial charge in [-0.25, -0.2) is 0 Å². The zero-order chi connectivity index (χ0) is 12.9. The van der Waals surface area contributed by atoms with Crippen LogP contribution in [-0.4, -0.2) is 19.5 Å². The van der Waals surface area contributed by atoms with Crippen molar-refractivity contribution in [3.8, 4) is 0 Å². The molecular formula is C13H22N2OS. The number of hydrogen-bond donors (Lipinski definition) is 2. The quantitative estimate of drug-likeness (QED) is 0.819. The van der Waals surface area contributed by atoms with E-state index in [1.54, 1.807) is 18.4 Å². The van der Waals surface area contributed by atoms with Crippen LogP contribution in [0.25, 0.3) is 0 Å². The number of nitrogens with one attached hydrogen (secondary N) is 2. The van der Waals surface area contributed by atoms with E-state index in [-0.39, 0.29) is 11.3 Å². The normalized spacial score (nSPS) is 13.4. The van der Waals surface area contributed by atoms with Crippen molar-refractivity contribution in [2.45, 2.75) is 33.2 Å². The Hall–Kier alpha value is -0.870. The summed E-state index contributed by atoms with van der Waals surface area (Å²) in [5, 5.41) is 8.27. The highest BCUT2D eigenvalue weighted by molar-refractivity contribution is 7.10. The molecule has 4 heteroatoms. The summed E-state index contributed by atoms with van der Waals surface area (Å²) in [4.78, 5) is 13.0. The second kappa shape index (κ2) is 6.17. The first-order chi connectivity index (χ1) is 8.01. The van der Waals surface area contributed by atoms with Gasteiger partial charge in [-0.15, -0.1) is 11.3 Å². The molecule has 2 N–H and O–H groups in total. The number of thiophene rings is 1. The van der Waals surface area contributed by atoms with E-state index in [1.165, 1.54) is 4.88 Å². The summed E-state index contributed by atoms with van der Waals surface area (Å²) < 4.78 is 0. The standard InChI is InChI=1S/C13H22N2OS/c1-5-10(11-7-6-8-17-11)15-9-13(2,3)12(16)14-4/h6-8,10,15H,5,9H2,1-4H3,(H,14,16). The third-order valence-corrected chi connectivity index (χ3v) is 3.91. The molecule has 0 aromatic carbocycles. The van der Waals surface area contributed by atoms with Gasteiger partial charge in [-0.3, -0.25) is 4.79 Å². The van der Waals surface area contributed by atoms with E-state index in [0.717, 1.165) is 6.42 Å². The summed E-state index contributed by atoms with van der Waals surface area (Å²) in [5.41, 5.74) is -0.376. The molecule has 1 amide bonds. The maximum Gasteiger partial charge on any atom is 0.226 e. The van der Waals surface area contributed by atoms with Crippen LogP contribution in [0.1, 0.15) is 38.1 Å². The zero-order valence-electron chi connectivity index (χ0n) is 11.0.